The summed E-state index contributed by atoms with van der Waals surface area (Å²) in [5.41, 5.74) is 0. The van der Waals surface area contributed by atoms with Gasteiger partial charge in [-0.25, -0.2) is 0 Å². The largest absolute Gasteiger partial charge is 0.314 e. The minimum Gasteiger partial charge on any atom is -0.314 e. The first-order chi connectivity index (χ1) is 4.93. The Morgan fingerprint density at radius 3 is 3.00 bits per heavy atom. The van der Waals surface area contributed by atoms with E-state index in [0.29, 0.717) is 0 Å². The van der Waals surface area contributed by atoms with Crippen molar-refractivity contribution < 1.29 is 0 Å². The van der Waals surface area contributed by atoms with Crippen LogP contribution in [0.1, 0.15) is 25.7 Å². The number of rotatable bonds is 3. The van der Waals surface area contributed by atoms with Crippen LogP contribution in [-0.4, -0.2) is 19.1 Å². The third kappa shape index (κ3) is 3.16. The molecule has 1 saturated heterocycles. The first-order valence-electron chi connectivity index (χ1n) is 4.00. The van der Waals surface area contributed by atoms with Crippen molar-refractivity contribution >= 4 is 22.9 Å². The van der Waals surface area contributed by atoms with Gasteiger partial charge in [-0.1, -0.05) is 6.42 Å². The summed E-state index contributed by atoms with van der Waals surface area (Å²) in [5.74, 6) is 0. The molecule has 1 rings (SSSR count). The molecular weight excluding hydrogens is 239 g/mol. The maximum Gasteiger partial charge on any atom is 0.0169 e. The molecular formula is C7H15IN2. The van der Waals surface area contributed by atoms with E-state index in [-0.39, 0.29) is 0 Å². The molecule has 1 unspecified atom stereocenters. The van der Waals surface area contributed by atoms with E-state index in [0.717, 1.165) is 12.6 Å². The standard InChI is InChI=1S/C7H15IN2/c8-10-6-4-7-3-1-2-5-9-7/h7,9-10H,1-6H2. The van der Waals surface area contributed by atoms with Crippen LogP contribution in [0.3, 0.4) is 0 Å². The summed E-state index contributed by atoms with van der Waals surface area (Å²) in [5, 5.41) is 3.51. The van der Waals surface area contributed by atoms with Gasteiger partial charge in [0.1, 0.15) is 0 Å². The fourth-order valence-corrected chi connectivity index (χ4v) is 1.71. The Balaban J connectivity index is 2.02. The predicted octanol–water partition coefficient (Wildman–Crippen LogP) is 1.46. The number of hydrogen-bond donors (Lipinski definition) is 2. The second-order valence-electron chi connectivity index (χ2n) is 2.82. The molecule has 0 radical (unpaired) electrons. The van der Waals surface area contributed by atoms with Gasteiger partial charge in [0.25, 0.3) is 0 Å². The van der Waals surface area contributed by atoms with Crippen molar-refractivity contribution in [1.82, 2.24) is 8.85 Å². The predicted molar refractivity (Wildman–Crippen MR) is 52.3 cm³/mol. The van der Waals surface area contributed by atoms with E-state index >= 15 is 0 Å². The zero-order valence-corrected chi connectivity index (χ0v) is 8.36. The smallest absolute Gasteiger partial charge is 0.0169 e. The van der Waals surface area contributed by atoms with Crippen molar-refractivity contribution in [3.63, 3.8) is 0 Å². The van der Waals surface area contributed by atoms with Crippen LogP contribution in [0.4, 0.5) is 0 Å². The fraction of sp³-hybridized carbons (Fsp3) is 1.00. The maximum absolute atomic E-state index is 3.51. The lowest BCUT2D eigenvalue weighted by atomic mass is 10.0. The summed E-state index contributed by atoms with van der Waals surface area (Å²) in [6.07, 6.45) is 5.44. The van der Waals surface area contributed by atoms with E-state index in [2.05, 4.69) is 31.7 Å². The van der Waals surface area contributed by atoms with E-state index in [1.165, 1.54) is 32.2 Å². The van der Waals surface area contributed by atoms with Crippen LogP contribution >= 0.6 is 22.9 Å². The molecule has 1 aliphatic heterocycles. The van der Waals surface area contributed by atoms with Gasteiger partial charge in [0.15, 0.2) is 0 Å². The molecule has 2 N–H and O–H groups in total. The molecule has 0 amide bonds. The third-order valence-electron chi connectivity index (χ3n) is 2.00. The highest BCUT2D eigenvalue weighted by Crippen LogP contribution is 2.09. The molecule has 0 aromatic rings. The number of hydrogen-bond acceptors (Lipinski definition) is 2. The summed E-state index contributed by atoms with van der Waals surface area (Å²) in [4.78, 5) is 0. The first kappa shape index (κ1) is 8.74. The highest BCUT2D eigenvalue weighted by Gasteiger charge is 2.10. The molecule has 10 heavy (non-hydrogen) atoms. The molecule has 1 fully saturated rings. The summed E-state index contributed by atoms with van der Waals surface area (Å²) in [6, 6.07) is 0.788. The second-order valence-corrected chi connectivity index (χ2v) is 3.58. The van der Waals surface area contributed by atoms with Crippen molar-refractivity contribution in [2.75, 3.05) is 13.1 Å². The van der Waals surface area contributed by atoms with Crippen molar-refractivity contribution in [3.05, 3.63) is 0 Å². The molecule has 1 heterocycles. The monoisotopic (exact) mass is 254 g/mol. The molecule has 0 saturated carbocycles. The van der Waals surface area contributed by atoms with E-state index in [4.69, 9.17) is 0 Å². The van der Waals surface area contributed by atoms with Crippen molar-refractivity contribution in [2.24, 2.45) is 0 Å². The van der Waals surface area contributed by atoms with Gasteiger partial charge in [-0.05, 0) is 25.8 Å². The quantitative estimate of drug-likeness (QED) is 0.588. The van der Waals surface area contributed by atoms with Crippen LogP contribution in [0, 0.1) is 0 Å². The van der Waals surface area contributed by atoms with Gasteiger partial charge in [-0.15, -0.1) is 0 Å². The van der Waals surface area contributed by atoms with Gasteiger partial charge in [0.05, 0.1) is 0 Å². The Bertz CT molecular complexity index is 81.7. The summed E-state index contributed by atoms with van der Waals surface area (Å²) in [6.45, 7) is 2.37. The van der Waals surface area contributed by atoms with Crippen LogP contribution < -0.4 is 8.85 Å². The zero-order valence-electron chi connectivity index (χ0n) is 6.20. The Kier molecular flexibility index (Phi) is 4.65. The van der Waals surface area contributed by atoms with Gasteiger partial charge in [-0.3, -0.25) is 3.53 Å². The molecule has 0 spiro atoms. The molecule has 0 bridgehead atoms. The van der Waals surface area contributed by atoms with Crippen LogP contribution in [0.15, 0.2) is 0 Å². The second kappa shape index (κ2) is 5.32. The Hall–Kier alpha value is 0.650. The number of piperidine rings is 1. The van der Waals surface area contributed by atoms with Gasteiger partial charge >= 0.3 is 0 Å². The Morgan fingerprint density at radius 2 is 2.40 bits per heavy atom. The van der Waals surface area contributed by atoms with Crippen molar-refractivity contribution in [1.29, 1.82) is 0 Å². The third-order valence-corrected chi connectivity index (χ3v) is 2.54. The summed E-state index contributed by atoms with van der Waals surface area (Å²) in [7, 11) is 0. The van der Waals surface area contributed by atoms with Crippen molar-refractivity contribution in [3.8, 4) is 0 Å². The highest BCUT2D eigenvalue weighted by molar-refractivity contribution is 14.1. The highest BCUT2D eigenvalue weighted by atomic mass is 127. The van der Waals surface area contributed by atoms with Crippen LogP contribution in [0.2, 0.25) is 0 Å². The Morgan fingerprint density at radius 1 is 1.50 bits per heavy atom. The van der Waals surface area contributed by atoms with E-state index in [9.17, 15) is 0 Å². The average Bonchev–Trinajstić information content (AvgIpc) is 2.03. The molecule has 2 nitrogen and oxygen atoms in total. The molecule has 3 heteroatoms. The van der Waals surface area contributed by atoms with Gasteiger partial charge in [-0.2, -0.15) is 0 Å². The van der Waals surface area contributed by atoms with Gasteiger partial charge in [0.2, 0.25) is 0 Å². The summed E-state index contributed by atoms with van der Waals surface area (Å²) >= 11 is 2.21. The Labute approximate surface area is 76.6 Å². The van der Waals surface area contributed by atoms with E-state index < -0.39 is 0 Å². The normalized spacial score (nSPS) is 26.7. The molecule has 0 aromatic carbocycles. The summed E-state index contributed by atoms with van der Waals surface area (Å²) < 4.78 is 3.14. The number of nitrogens with one attached hydrogen (secondary N) is 2. The lowest BCUT2D eigenvalue weighted by Crippen LogP contribution is -2.35. The van der Waals surface area contributed by atoms with Crippen LogP contribution in [0.25, 0.3) is 0 Å². The van der Waals surface area contributed by atoms with Gasteiger partial charge in [0, 0.05) is 35.5 Å². The van der Waals surface area contributed by atoms with E-state index in [1.54, 1.807) is 0 Å². The SMILES string of the molecule is INCCC1CCCCN1. The maximum atomic E-state index is 3.51. The number of halogens is 1. The fourth-order valence-electron chi connectivity index (χ4n) is 1.40. The lowest BCUT2D eigenvalue weighted by molar-refractivity contribution is 0.385. The molecule has 60 valence electrons. The topological polar surface area (TPSA) is 24.1 Å². The average molecular weight is 254 g/mol. The van der Waals surface area contributed by atoms with Crippen molar-refractivity contribution in [2.45, 2.75) is 31.7 Å². The molecule has 0 aliphatic carbocycles. The minimum atomic E-state index is 0.788. The van der Waals surface area contributed by atoms with Crippen LogP contribution in [0.5, 0.6) is 0 Å². The molecule has 1 aliphatic rings. The van der Waals surface area contributed by atoms with E-state index in [1.807, 2.05) is 0 Å². The molecule has 0 aromatic heterocycles. The minimum absolute atomic E-state index is 0.788. The first-order valence-corrected chi connectivity index (χ1v) is 5.08. The zero-order chi connectivity index (χ0) is 7.23. The van der Waals surface area contributed by atoms with Crippen LogP contribution in [-0.2, 0) is 0 Å². The lowest BCUT2D eigenvalue weighted by Gasteiger charge is -2.22. The van der Waals surface area contributed by atoms with Gasteiger partial charge < -0.3 is 5.32 Å². The molecule has 1 atom stereocenters.